The van der Waals surface area contributed by atoms with E-state index in [1.165, 1.54) is 0 Å². The molecule has 9 nitrogen and oxygen atoms in total. The van der Waals surface area contributed by atoms with E-state index < -0.39 is 29.3 Å². The smallest absolute Gasteiger partial charge is 0.232 e. The molecule has 1 aromatic carbocycles. The Kier molecular flexibility index (Phi) is 6.67. The second-order valence-electron chi connectivity index (χ2n) is 11.3. The van der Waals surface area contributed by atoms with Crippen molar-refractivity contribution < 1.29 is 19.4 Å². The molecule has 38 heavy (non-hydrogen) atoms. The van der Waals surface area contributed by atoms with Crippen LogP contribution in [0.1, 0.15) is 76.6 Å². The predicted octanol–water partition coefficient (Wildman–Crippen LogP) is 3.25. The van der Waals surface area contributed by atoms with E-state index in [2.05, 4.69) is 10.3 Å². The van der Waals surface area contributed by atoms with Crippen LogP contribution in [-0.2, 0) is 9.59 Å². The first-order valence-corrected chi connectivity index (χ1v) is 13.4. The first-order valence-electron chi connectivity index (χ1n) is 13.4. The number of guanidine groups is 1. The quantitative estimate of drug-likeness (QED) is 0.515. The number of nitrogens with one attached hydrogen (secondary N) is 1. The van der Waals surface area contributed by atoms with Gasteiger partial charge in [-0.3, -0.25) is 19.5 Å². The van der Waals surface area contributed by atoms with Gasteiger partial charge in [0.15, 0.2) is 5.96 Å². The topological polar surface area (TPSA) is 130 Å². The average molecular weight is 520 g/mol. The molecule has 0 bridgehead atoms. The zero-order chi connectivity index (χ0) is 27.2. The fraction of sp³-hybridized carbons (Fsp3) is 0.517. The number of carbonyl (C=O) groups excluding carboxylic acids is 2. The van der Waals surface area contributed by atoms with E-state index in [1.54, 1.807) is 17.3 Å². The first-order chi connectivity index (χ1) is 18.1. The number of aliphatic hydroxyl groups is 1. The first kappa shape index (κ1) is 26.2. The zero-order valence-electron chi connectivity index (χ0n) is 22.4. The number of nitrogens with zero attached hydrogens (tertiary/aromatic N) is 3. The number of pyridine rings is 1. The molecule has 1 aliphatic carbocycles. The Bertz CT molecular complexity index is 1240. The number of fused-ring (bicyclic) bond motifs is 1. The van der Waals surface area contributed by atoms with E-state index in [9.17, 15) is 14.7 Å². The summed E-state index contributed by atoms with van der Waals surface area (Å²) in [7, 11) is 0. The second kappa shape index (κ2) is 9.69. The Morgan fingerprint density at radius 3 is 2.63 bits per heavy atom. The number of amides is 2. The summed E-state index contributed by atoms with van der Waals surface area (Å²) in [6.07, 6.45) is 4.78. The normalized spacial score (nSPS) is 28.0. The fourth-order valence-electron chi connectivity index (χ4n) is 5.95. The van der Waals surface area contributed by atoms with Crippen LogP contribution in [0.15, 0.2) is 53.8 Å². The lowest BCUT2D eigenvalue weighted by atomic mass is 9.86. The highest BCUT2D eigenvalue weighted by molar-refractivity contribution is 5.99. The van der Waals surface area contributed by atoms with Crippen molar-refractivity contribution in [3.05, 3.63) is 59.9 Å². The van der Waals surface area contributed by atoms with Crippen LogP contribution in [0.3, 0.4) is 0 Å². The molecular weight excluding hydrogens is 482 g/mol. The Morgan fingerprint density at radius 1 is 1.24 bits per heavy atom. The van der Waals surface area contributed by atoms with E-state index in [4.69, 9.17) is 15.5 Å². The van der Waals surface area contributed by atoms with E-state index in [0.717, 1.165) is 24.0 Å². The van der Waals surface area contributed by atoms with Gasteiger partial charge in [0.2, 0.25) is 11.8 Å². The van der Waals surface area contributed by atoms with Crippen molar-refractivity contribution in [2.24, 2.45) is 22.6 Å². The number of benzene rings is 1. The Morgan fingerprint density at radius 2 is 1.97 bits per heavy atom. The number of aliphatic hydroxyl groups excluding tert-OH is 1. The molecule has 0 radical (unpaired) electrons. The standard InChI is InChI=1S/C29H37N5O4/c1-5-29(6-2)15-22(35)34(27(30)33-29)24(17-10-9-13-31-16-17)19-14-20(19)26(37)32-23-18-11-7-8-12-21(18)38-28(3,4)25(23)36/h7-13,16,19-20,23-25,36H,5-6,14-15H2,1-4H3,(H2,30,33)(H,32,37)/t19-,20-,23+,24+,25-/m0/s1. The fourth-order valence-corrected chi connectivity index (χ4v) is 5.95. The highest BCUT2D eigenvalue weighted by Gasteiger charge is 2.54. The molecule has 1 aromatic heterocycles. The molecule has 5 rings (SSSR count). The molecule has 0 unspecified atom stereocenters. The van der Waals surface area contributed by atoms with Gasteiger partial charge in [-0.05, 0) is 56.7 Å². The lowest BCUT2D eigenvalue weighted by Crippen LogP contribution is -2.54. The van der Waals surface area contributed by atoms with Gasteiger partial charge >= 0.3 is 0 Å². The number of hydrogen-bond donors (Lipinski definition) is 3. The van der Waals surface area contributed by atoms with E-state index >= 15 is 0 Å². The molecule has 1 fully saturated rings. The third-order valence-electron chi connectivity index (χ3n) is 8.50. The molecule has 4 N–H and O–H groups in total. The Balaban J connectivity index is 1.42. The van der Waals surface area contributed by atoms with Gasteiger partial charge in [-0.1, -0.05) is 38.1 Å². The van der Waals surface area contributed by atoms with Crippen LogP contribution in [0.2, 0.25) is 0 Å². The van der Waals surface area contributed by atoms with Gasteiger partial charge in [0.1, 0.15) is 17.5 Å². The maximum Gasteiger partial charge on any atom is 0.232 e. The number of rotatable bonds is 7. The summed E-state index contributed by atoms with van der Waals surface area (Å²) >= 11 is 0. The molecule has 0 saturated heterocycles. The summed E-state index contributed by atoms with van der Waals surface area (Å²) in [5.74, 6) is 0.0730. The monoisotopic (exact) mass is 519 g/mol. The van der Waals surface area contributed by atoms with Crippen molar-refractivity contribution in [1.29, 1.82) is 0 Å². The van der Waals surface area contributed by atoms with Crippen LogP contribution in [0.5, 0.6) is 5.75 Å². The third-order valence-corrected chi connectivity index (χ3v) is 8.50. The van der Waals surface area contributed by atoms with Gasteiger partial charge in [0, 0.05) is 23.9 Å². The Hall–Kier alpha value is -3.46. The molecule has 2 aromatic rings. The molecule has 9 heteroatoms. The number of para-hydroxylation sites is 1. The summed E-state index contributed by atoms with van der Waals surface area (Å²) in [5, 5.41) is 14.2. The van der Waals surface area contributed by atoms with Crippen LogP contribution in [0, 0.1) is 11.8 Å². The van der Waals surface area contributed by atoms with Gasteiger partial charge in [0.05, 0.1) is 24.0 Å². The second-order valence-corrected chi connectivity index (χ2v) is 11.3. The molecule has 2 aliphatic heterocycles. The van der Waals surface area contributed by atoms with Crippen molar-refractivity contribution in [3.63, 3.8) is 0 Å². The van der Waals surface area contributed by atoms with Crippen LogP contribution in [0.4, 0.5) is 0 Å². The van der Waals surface area contributed by atoms with Crippen molar-refractivity contribution in [2.75, 3.05) is 0 Å². The van der Waals surface area contributed by atoms with Gasteiger partial charge in [0.25, 0.3) is 0 Å². The van der Waals surface area contributed by atoms with E-state index in [1.807, 2.05) is 64.1 Å². The van der Waals surface area contributed by atoms with Gasteiger partial charge in [-0.25, -0.2) is 4.99 Å². The number of carbonyl (C=O) groups is 2. The van der Waals surface area contributed by atoms with Crippen molar-refractivity contribution >= 4 is 17.8 Å². The minimum Gasteiger partial charge on any atom is -0.485 e. The maximum atomic E-state index is 13.6. The molecular formula is C29H37N5O4. The molecule has 1 saturated carbocycles. The molecule has 2 amide bonds. The number of aliphatic imine (C=N–C) groups is 1. The average Bonchev–Trinajstić information content (AvgIpc) is 3.69. The minimum absolute atomic E-state index is 0.0864. The SMILES string of the molecule is CCC1(CC)CC(=O)N([C@H](c2cccnc2)[C@H]2C[C@@H]2C(=O)N[C@@H]2c3ccccc3OC(C)(C)[C@H]2O)C(N)=N1. The number of aromatic nitrogens is 1. The van der Waals surface area contributed by atoms with E-state index in [-0.39, 0.29) is 36.0 Å². The molecule has 202 valence electrons. The van der Waals surface area contributed by atoms with Crippen LogP contribution in [-0.4, -0.2) is 50.0 Å². The number of hydrogen-bond acceptors (Lipinski definition) is 7. The summed E-state index contributed by atoms with van der Waals surface area (Å²) < 4.78 is 6.00. The zero-order valence-corrected chi connectivity index (χ0v) is 22.4. The summed E-state index contributed by atoms with van der Waals surface area (Å²) in [6, 6.07) is 10.1. The maximum absolute atomic E-state index is 13.6. The van der Waals surface area contributed by atoms with E-state index in [0.29, 0.717) is 12.2 Å². The van der Waals surface area contributed by atoms with Crippen molar-refractivity contribution in [3.8, 4) is 5.75 Å². The highest BCUT2D eigenvalue weighted by Crippen LogP contribution is 2.52. The minimum atomic E-state index is -0.935. The van der Waals surface area contributed by atoms with Crippen molar-refractivity contribution in [2.45, 2.75) is 82.7 Å². The number of ether oxygens (including phenoxy) is 1. The predicted molar refractivity (Wildman–Crippen MR) is 143 cm³/mol. The highest BCUT2D eigenvalue weighted by atomic mass is 16.5. The third kappa shape index (κ3) is 4.53. The largest absolute Gasteiger partial charge is 0.485 e. The molecule has 3 heterocycles. The lowest BCUT2D eigenvalue weighted by molar-refractivity contribution is -0.133. The van der Waals surface area contributed by atoms with Crippen LogP contribution in [0.25, 0.3) is 0 Å². The van der Waals surface area contributed by atoms with Crippen LogP contribution < -0.4 is 15.8 Å². The van der Waals surface area contributed by atoms with Gasteiger partial charge in [-0.15, -0.1) is 0 Å². The Labute approximate surface area is 223 Å². The lowest BCUT2D eigenvalue weighted by Gasteiger charge is -2.42. The van der Waals surface area contributed by atoms with Gasteiger partial charge < -0.3 is 20.9 Å². The summed E-state index contributed by atoms with van der Waals surface area (Å²) in [5.41, 5.74) is 6.66. The molecule has 0 spiro atoms. The summed E-state index contributed by atoms with van der Waals surface area (Å²) in [4.78, 5) is 37.7. The van der Waals surface area contributed by atoms with Gasteiger partial charge in [-0.2, -0.15) is 0 Å². The molecule has 3 aliphatic rings. The summed E-state index contributed by atoms with van der Waals surface area (Å²) in [6.45, 7) is 7.66. The molecule has 5 atom stereocenters. The van der Waals surface area contributed by atoms with Crippen LogP contribution >= 0.6 is 0 Å². The van der Waals surface area contributed by atoms with Crippen molar-refractivity contribution in [1.82, 2.24) is 15.2 Å². The number of nitrogens with two attached hydrogens (primary N) is 1.